The second-order valence-corrected chi connectivity index (χ2v) is 5.70. The lowest BCUT2D eigenvalue weighted by Gasteiger charge is -2.06. The summed E-state index contributed by atoms with van der Waals surface area (Å²) in [4.78, 5) is 11.9. The summed E-state index contributed by atoms with van der Waals surface area (Å²) in [5.74, 6) is -0.832. The zero-order valence-electron chi connectivity index (χ0n) is 11.2. The van der Waals surface area contributed by atoms with Crippen molar-refractivity contribution in [3.63, 3.8) is 0 Å². The molecule has 0 unspecified atom stereocenters. The van der Waals surface area contributed by atoms with Gasteiger partial charge < -0.3 is 5.32 Å². The molecule has 2 nitrogen and oxygen atoms in total. The van der Waals surface area contributed by atoms with Crippen LogP contribution in [0.5, 0.6) is 0 Å². The molecule has 0 spiro atoms. The summed E-state index contributed by atoms with van der Waals surface area (Å²) in [6.07, 6.45) is 2.60. The molecule has 1 amide bonds. The van der Waals surface area contributed by atoms with Gasteiger partial charge in [-0.3, -0.25) is 4.79 Å². The van der Waals surface area contributed by atoms with Crippen LogP contribution in [0.15, 0.2) is 46.9 Å². The molecule has 2 aromatic rings. The Morgan fingerprint density at radius 1 is 1.33 bits per heavy atom. The summed E-state index contributed by atoms with van der Waals surface area (Å²) in [6.45, 7) is 1.95. The van der Waals surface area contributed by atoms with Crippen LogP contribution in [-0.4, -0.2) is 5.91 Å². The van der Waals surface area contributed by atoms with E-state index in [9.17, 15) is 9.18 Å². The molecule has 108 valence electrons. The van der Waals surface area contributed by atoms with Gasteiger partial charge in [0.25, 0.3) is 0 Å². The number of halogens is 3. The summed E-state index contributed by atoms with van der Waals surface area (Å²) in [7, 11) is 0. The van der Waals surface area contributed by atoms with E-state index in [2.05, 4.69) is 21.2 Å². The zero-order valence-corrected chi connectivity index (χ0v) is 13.5. The molecule has 0 bridgehead atoms. The van der Waals surface area contributed by atoms with Crippen LogP contribution in [0.2, 0.25) is 5.02 Å². The van der Waals surface area contributed by atoms with Gasteiger partial charge in [-0.1, -0.05) is 23.7 Å². The molecule has 0 aliphatic heterocycles. The van der Waals surface area contributed by atoms with Crippen LogP contribution in [0.1, 0.15) is 11.1 Å². The normalized spacial score (nSPS) is 10.9. The van der Waals surface area contributed by atoms with Crippen molar-refractivity contribution in [2.24, 2.45) is 0 Å². The third-order valence-electron chi connectivity index (χ3n) is 2.78. The van der Waals surface area contributed by atoms with Crippen molar-refractivity contribution in [3.8, 4) is 0 Å². The number of amides is 1. The van der Waals surface area contributed by atoms with Gasteiger partial charge in [-0.15, -0.1) is 0 Å². The Kier molecular flexibility index (Phi) is 5.15. The van der Waals surface area contributed by atoms with Gasteiger partial charge in [0.1, 0.15) is 5.82 Å². The van der Waals surface area contributed by atoms with Crippen LogP contribution in [0.25, 0.3) is 6.08 Å². The van der Waals surface area contributed by atoms with E-state index in [0.717, 1.165) is 10.0 Å². The number of anilines is 1. The first-order valence-corrected chi connectivity index (χ1v) is 7.33. The van der Waals surface area contributed by atoms with E-state index in [1.165, 1.54) is 24.3 Å². The second kappa shape index (κ2) is 6.87. The quantitative estimate of drug-likeness (QED) is 0.741. The lowest BCUT2D eigenvalue weighted by atomic mass is 10.2. The van der Waals surface area contributed by atoms with Crippen molar-refractivity contribution in [1.29, 1.82) is 0 Å². The molecule has 0 aliphatic rings. The third kappa shape index (κ3) is 4.16. The smallest absolute Gasteiger partial charge is 0.248 e. The Morgan fingerprint density at radius 3 is 2.76 bits per heavy atom. The first kappa shape index (κ1) is 15.7. The molecule has 2 aromatic carbocycles. The average Bonchev–Trinajstić information content (AvgIpc) is 2.41. The number of hydrogen-bond acceptors (Lipinski definition) is 1. The largest absolute Gasteiger partial charge is 0.321 e. The predicted octanol–water partition coefficient (Wildman–Crippen LogP) is 5.20. The fourth-order valence-electron chi connectivity index (χ4n) is 1.72. The molecule has 0 fully saturated rings. The Bertz CT molecular complexity index is 695. The van der Waals surface area contributed by atoms with Gasteiger partial charge >= 0.3 is 0 Å². The van der Waals surface area contributed by atoms with Crippen molar-refractivity contribution in [3.05, 3.63) is 68.9 Å². The molecule has 21 heavy (non-hydrogen) atoms. The average molecular weight is 369 g/mol. The van der Waals surface area contributed by atoms with Gasteiger partial charge in [-0.05, 0) is 58.8 Å². The highest BCUT2D eigenvalue weighted by Gasteiger charge is 2.05. The number of nitrogens with one attached hydrogen (secondary N) is 1. The van der Waals surface area contributed by atoms with Crippen molar-refractivity contribution < 1.29 is 9.18 Å². The molecule has 0 saturated heterocycles. The first-order valence-electron chi connectivity index (χ1n) is 6.16. The van der Waals surface area contributed by atoms with E-state index in [-0.39, 0.29) is 16.5 Å². The molecule has 1 N–H and O–H groups in total. The highest BCUT2D eigenvalue weighted by Crippen LogP contribution is 2.24. The number of aryl methyl sites for hydroxylation is 1. The maximum Gasteiger partial charge on any atom is 0.248 e. The number of carbonyl (C=O) groups excluding carboxylic acids is 1. The minimum absolute atomic E-state index is 0.192. The first-order chi connectivity index (χ1) is 9.97. The summed E-state index contributed by atoms with van der Waals surface area (Å²) in [5.41, 5.74) is 1.92. The van der Waals surface area contributed by atoms with Crippen molar-refractivity contribution in [2.75, 3.05) is 5.32 Å². The molecule has 0 radical (unpaired) electrons. The van der Waals surface area contributed by atoms with Crippen LogP contribution in [0.4, 0.5) is 10.1 Å². The number of carbonyl (C=O) groups is 1. The molecule has 2 rings (SSSR count). The maximum absolute atomic E-state index is 13.6. The number of hydrogen-bond donors (Lipinski definition) is 1. The number of rotatable bonds is 3. The highest BCUT2D eigenvalue weighted by atomic mass is 79.9. The van der Waals surface area contributed by atoms with E-state index in [4.69, 9.17) is 11.6 Å². The van der Waals surface area contributed by atoms with Crippen molar-refractivity contribution in [1.82, 2.24) is 0 Å². The molecular formula is C16H12BrClFNO. The molecule has 0 atom stereocenters. The van der Waals surface area contributed by atoms with Crippen LogP contribution >= 0.6 is 27.5 Å². The van der Waals surface area contributed by atoms with Crippen LogP contribution in [0.3, 0.4) is 0 Å². The minimum Gasteiger partial charge on any atom is -0.321 e. The van der Waals surface area contributed by atoms with Crippen LogP contribution in [0, 0.1) is 12.7 Å². The van der Waals surface area contributed by atoms with Gasteiger partial charge in [-0.2, -0.15) is 0 Å². The predicted molar refractivity (Wildman–Crippen MR) is 88.0 cm³/mol. The van der Waals surface area contributed by atoms with Gasteiger partial charge in [0.05, 0.1) is 10.7 Å². The zero-order chi connectivity index (χ0) is 15.4. The van der Waals surface area contributed by atoms with Crippen LogP contribution in [-0.2, 0) is 4.79 Å². The topological polar surface area (TPSA) is 29.1 Å². The van der Waals surface area contributed by atoms with Crippen LogP contribution < -0.4 is 5.32 Å². The van der Waals surface area contributed by atoms with Gasteiger partial charge in [0.15, 0.2) is 0 Å². The van der Waals surface area contributed by atoms with E-state index < -0.39 is 5.82 Å². The van der Waals surface area contributed by atoms with E-state index in [1.807, 2.05) is 19.1 Å². The van der Waals surface area contributed by atoms with E-state index >= 15 is 0 Å². The van der Waals surface area contributed by atoms with Gasteiger partial charge in [-0.25, -0.2) is 4.39 Å². The fourth-order valence-corrected chi connectivity index (χ4v) is 2.54. The van der Waals surface area contributed by atoms with E-state index in [0.29, 0.717) is 5.69 Å². The highest BCUT2D eigenvalue weighted by molar-refractivity contribution is 9.10. The Hall–Kier alpha value is -1.65. The summed E-state index contributed by atoms with van der Waals surface area (Å²) in [5, 5.41) is 2.97. The third-order valence-corrected chi connectivity index (χ3v) is 3.77. The van der Waals surface area contributed by atoms with Crippen molar-refractivity contribution in [2.45, 2.75) is 6.92 Å². The second-order valence-electron chi connectivity index (χ2n) is 4.44. The summed E-state index contributed by atoms with van der Waals surface area (Å²) >= 11 is 9.26. The fraction of sp³-hybridized carbons (Fsp3) is 0.0625. The summed E-state index contributed by atoms with van der Waals surface area (Å²) in [6, 6.07) is 9.95. The molecular weight excluding hydrogens is 357 g/mol. The molecule has 0 aromatic heterocycles. The number of benzene rings is 2. The molecule has 0 heterocycles. The van der Waals surface area contributed by atoms with E-state index in [1.54, 1.807) is 12.1 Å². The monoisotopic (exact) mass is 367 g/mol. The molecule has 5 heteroatoms. The summed E-state index contributed by atoms with van der Waals surface area (Å²) < 4.78 is 14.3. The Labute approximate surface area is 135 Å². The SMILES string of the molecule is Cc1ccc(NC(=O)C=Cc2c(F)cccc2Cl)c(Br)c1. The van der Waals surface area contributed by atoms with Gasteiger partial charge in [0.2, 0.25) is 5.91 Å². The molecule has 0 saturated carbocycles. The van der Waals surface area contributed by atoms with Gasteiger partial charge in [0, 0.05) is 16.1 Å². The maximum atomic E-state index is 13.6. The van der Waals surface area contributed by atoms with Crippen molar-refractivity contribution >= 4 is 45.2 Å². The molecule has 0 aliphatic carbocycles. The minimum atomic E-state index is -0.469. The lowest BCUT2D eigenvalue weighted by Crippen LogP contribution is -2.08. The lowest BCUT2D eigenvalue weighted by molar-refractivity contribution is -0.111. The Balaban J connectivity index is 2.13. The standard InChI is InChI=1S/C16H12BrClFNO/c1-10-5-7-15(12(17)9-10)20-16(21)8-6-11-13(18)3-2-4-14(11)19/h2-9H,1H3,(H,20,21). The Morgan fingerprint density at radius 2 is 2.10 bits per heavy atom.